The van der Waals surface area contributed by atoms with Gasteiger partial charge in [-0.05, 0) is 12.0 Å². The van der Waals surface area contributed by atoms with Crippen LogP contribution in [-0.4, -0.2) is 38.0 Å². The van der Waals surface area contributed by atoms with Crippen LogP contribution in [0.4, 0.5) is 0 Å². The molecule has 0 aromatic heterocycles. The van der Waals surface area contributed by atoms with Crippen molar-refractivity contribution >= 4 is 10.2 Å². The van der Waals surface area contributed by atoms with Crippen molar-refractivity contribution in [3.8, 4) is 0 Å². The molecule has 1 unspecified atom stereocenters. The molecule has 5 nitrogen and oxygen atoms in total. The molecular weight excluding hydrogens is 264 g/mol. The molecule has 0 fully saturated rings. The van der Waals surface area contributed by atoms with Gasteiger partial charge in [0, 0.05) is 20.1 Å². The summed E-state index contributed by atoms with van der Waals surface area (Å²) in [7, 11) is -1.98. The van der Waals surface area contributed by atoms with E-state index >= 15 is 0 Å². The zero-order chi connectivity index (χ0) is 14.3. The number of aliphatic hydroxyl groups excluding tert-OH is 1. The lowest BCUT2D eigenvalue weighted by molar-refractivity contribution is 0.181. The second-order valence-corrected chi connectivity index (χ2v) is 6.32. The molecule has 0 bridgehead atoms. The number of rotatable bonds is 8. The number of hydrogen-bond acceptors (Lipinski definition) is 3. The molecule has 0 heterocycles. The first-order valence-electron chi connectivity index (χ1n) is 6.41. The highest BCUT2D eigenvalue weighted by Gasteiger charge is 2.18. The average Bonchev–Trinajstić information content (AvgIpc) is 2.43. The summed E-state index contributed by atoms with van der Waals surface area (Å²) in [5, 5.41) is 9.90. The van der Waals surface area contributed by atoms with Gasteiger partial charge in [0.2, 0.25) is 0 Å². The molecule has 0 amide bonds. The van der Waals surface area contributed by atoms with Gasteiger partial charge in [-0.25, -0.2) is 0 Å². The van der Waals surface area contributed by atoms with E-state index in [4.69, 9.17) is 0 Å². The van der Waals surface area contributed by atoms with Crippen molar-refractivity contribution in [1.82, 2.24) is 9.03 Å². The molecule has 1 atom stereocenters. The van der Waals surface area contributed by atoms with Crippen molar-refractivity contribution in [3.63, 3.8) is 0 Å². The van der Waals surface area contributed by atoms with E-state index in [9.17, 15) is 13.5 Å². The lowest BCUT2D eigenvalue weighted by Gasteiger charge is -2.19. The minimum absolute atomic E-state index is 0.0250. The highest BCUT2D eigenvalue weighted by atomic mass is 32.2. The summed E-state index contributed by atoms with van der Waals surface area (Å²) in [6, 6.07) is 8.99. The van der Waals surface area contributed by atoms with Crippen LogP contribution in [0, 0.1) is 0 Å². The van der Waals surface area contributed by atoms with Gasteiger partial charge < -0.3 is 5.11 Å². The topological polar surface area (TPSA) is 69.6 Å². The lowest BCUT2D eigenvalue weighted by Crippen LogP contribution is -2.40. The molecule has 2 N–H and O–H groups in total. The Kier molecular flexibility index (Phi) is 6.44. The van der Waals surface area contributed by atoms with E-state index in [1.54, 1.807) is 24.3 Å². The van der Waals surface area contributed by atoms with Crippen LogP contribution < -0.4 is 4.72 Å². The van der Waals surface area contributed by atoms with Crippen LogP contribution in [0.1, 0.15) is 31.4 Å². The van der Waals surface area contributed by atoms with Gasteiger partial charge in [0.25, 0.3) is 10.2 Å². The fourth-order valence-corrected chi connectivity index (χ4v) is 2.55. The molecular formula is C13H22N2O3S. The number of benzene rings is 1. The number of nitrogens with one attached hydrogen (secondary N) is 1. The van der Waals surface area contributed by atoms with Crippen molar-refractivity contribution in [1.29, 1.82) is 0 Å². The van der Waals surface area contributed by atoms with Gasteiger partial charge in [0.15, 0.2) is 0 Å². The van der Waals surface area contributed by atoms with Crippen LogP contribution in [0.25, 0.3) is 0 Å². The van der Waals surface area contributed by atoms with Crippen LogP contribution in [0.2, 0.25) is 0 Å². The molecule has 19 heavy (non-hydrogen) atoms. The standard InChI is InChI=1S/C13H22N2O3S/c1-3-4-10-15(2)19(17,18)14-11-13(16)12-8-6-5-7-9-12/h5-9,13-14,16H,3-4,10-11H2,1-2H3. The zero-order valence-electron chi connectivity index (χ0n) is 11.4. The summed E-state index contributed by atoms with van der Waals surface area (Å²) in [5.41, 5.74) is 0.696. The molecule has 0 aliphatic carbocycles. The monoisotopic (exact) mass is 286 g/mol. The normalized spacial score (nSPS) is 13.7. The molecule has 1 aromatic rings. The fraction of sp³-hybridized carbons (Fsp3) is 0.538. The highest BCUT2D eigenvalue weighted by molar-refractivity contribution is 7.87. The van der Waals surface area contributed by atoms with Crippen molar-refractivity contribution in [2.75, 3.05) is 20.1 Å². The molecule has 0 aliphatic heterocycles. The average molecular weight is 286 g/mol. The van der Waals surface area contributed by atoms with Gasteiger partial charge in [0.05, 0.1) is 6.10 Å². The fourth-order valence-electron chi connectivity index (χ4n) is 1.59. The molecule has 0 spiro atoms. The van der Waals surface area contributed by atoms with Gasteiger partial charge in [-0.3, -0.25) is 0 Å². The maximum atomic E-state index is 11.9. The second-order valence-electron chi connectivity index (χ2n) is 4.46. The Morgan fingerprint density at radius 3 is 2.53 bits per heavy atom. The number of hydrogen-bond donors (Lipinski definition) is 2. The first kappa shape index (κ1) is 16.1. The van der Waals surface area contributed by atoms with E-state index in [2.05, 4.69) is 4.72 Å². The minimum atomic E-state index is -3.51. The van der Waals surface area contributed by atoms with Gasteiger partial charge in [-0.15, -0.1) is 0 Å². The SMILES string of the molecule is CCCCN(C)S(=O)(=O)NCC(O)c1ccccc1. The number of nitrogens with zero attached hydrogens (tertiary/aromatic N) is 1. The first-order chi connectivity index (χ1) is 8.97. The highest BCUT2D eigenvalue weighted by Crippen LogP contribution is 2.11. The maximum absolute atomic E-state index is 11.9. The van der Waals surface area contributed by atoms with Crippen molar-refractivity contribution in [2.45, 2.75) is 25.9 Å². The summed E-state index contributed by atoms with van der Waals surface area (Å²) >= 11 is 0. The summed E-state index contributed by atoms with van der Waals surface area (Å²) in [6.07, 6.45) is 0.918. The first-order valence-corrected chi connectivity index (χ1v) is 7.85. The summed E-state index contributed by atoms with van der Waals surface area (Å²) in [4.78, 5) is 0. The summed E-state index contributed by atoms with van der Waals surface area (Å²) in [5.74, 6) is 0. The van der Waals surface area contributed by atoms with Crippen LogP contribution in [0.5, 0.6) is 0 Å². The molecule has 0 aliphatic rings. The van der Waals surface area contributed by atoms with E-state index in [1.807, 2.05) is 13.0 Å². The van der Waals surface area contributed by atoms with Crippen molar-refractivity contribution in [3.05, 3.63) is 35.9 Å². The van der Waals surface area contributed by atoms with Crippen LogP contribution in [-0.2, 0) is 10.2 Å². The molecule has 0 saturated carbocycles. The molecule has 1 rings (SSSR count). The smallest absolute Gasteiger partial charge is 0.279 e. The Labute approximate surface area is 115 Å². The van der Waals surface area contributed by atoms with Crippen molar-refractivity contribution in [2.24, 2.45) is 0 Å². The van der Waals surface area contributed by atoms with E-state index < -0.39 is 16.3 Å². The maximum Gasteiger partial charge on any atom is 0.279 e. The molecule has 6 heteroatoms. The quantitative estimate of drug-likeness (QED) is 0.756. The van der Waals surface area contributed by atoms with E-state index in [-0.39, 0.29) is 6.54 Å². The molecule has 0 radical (unpaired) electrons. The third kappa shape index (κ3) is 5.28. The third-order valence-corrected chi connectivity index (χ3v) is 4.41. The van der Waals surface area contributed by atoms with E-state index in [1.165, 1.54) is 11.4 Å². The Morgan fingerprint density at radius 1 is 1.32 bits per heavy atom. The van der Waals surface area contributed by atoms with Crippen LogP contribution in [0.3, 0.4) is 0 Å². The Morgan fingerprint density at radius 2 is 1.95 bits per heavy atom. The zero-order valence-corrected chi connectivity index (χ0v) is 12.2. The molecule has 108 valence electrons. The van der Waals surface area contributed by atoms with Crippen molar-refractivity contribution < 1.29 is 13.5 Å². The third-order valence-electron chi connectivity index (χ3n) is 2.88. The predicted octanol–water partition coefficient (Wildman–Crippen LogP) is 1.29. The molecule has 1 aromatic carbocycles. The largest absolute Gasteiger partial charge is 0.387 e. The number of unbranched alkanes of at least 4 members (excludes halogenated alkanes) is 1. The van der Waals surface area contributed by atoms with Crippen LogP contribution in [0.15, 0.2) is 30.3 Å². The molecule has 0 saturated heterocycles. The Balaban J connectivity index is 2.51. The van der Waals surface area contributed by atoms with E-state index in [0.717, 1.165) is 12.8 Å². The number of aliphatic hydroxyl groups is 1. The van der Waals surface area contributed by atoms with Crippen LogP contribution >= 0.6 is 0 Å². The van der Waals surface area contributed by atoms with Gasteiger partial charge in [-0.2, -0.15) is 17.4 Å². The Hall–Kier alpha value is -0.950. The second kappa shape index (κ2) is 7.59. The minimum Gasteiger partial charge on any atom is -0.387 e. The summed E-state index contributed by atoms with van der Waals surface area (Å²) < 4.78 is 27.4. The van der Waals surface area contributed by atoms with E-state index in [0.29, 0.717) is 12.1 Å². The van der Waals surface area contributed by atoms with Gasteiger partial charge in [0.1, 0.15) is 0 Å². The van der Waals surface area contributed by atoms with Gasteiger partial charge in [-0.1, -0.05) is 43.7 Å². The van der Waals surface area contributed by atoms with Gasteiger partial charge >= 0.3 is 0 Å². The summed E-state index contributed by atoms with van der Waals surface area (Å²) in [6.45, 7) is 2.46. The lowest BCUT2D eigenvalue weighted by atomic mass is 10.1. The predicted molar refractivity (Wildman–Crippen MR) is 75.9 cm³/mol. The Bertz CT molecular complexity index is 462.